The zero-order valence-corrected chi connectivity index (χ0v) is 16.1. The quantitative estimate of drug-likeness (QED) is 0.316. The van der Waals surface area contributed by atoms with Crippen LogP contribution in [0, 0.1) is 13.8 Å². The molecule has 5 nitrogen and oxygen atoms in total. The van der Waals surface area contributed by atoms with E-state index in [1.807, 2.05) is 62.4 Å². The van der Waals surface area contributed by atoms with E-state index in [1.165, 1.54) is 17.3 Å². The number of aromatic nitrogens is 1. The summed E-state index contributed by atoms with van der Waals surface area (Å²) in [6, 6.07) is 17.0. The Morgan fingerprint density at radius 1 is 1.07 bits per heavy atom. The van der Waals surface area contributed by atoms with Crippen LogP contribution in [0.25, 0.3) is 0 Å². The molecule has 0 N–H and O–H groups in total. The Morgan fingerprint density at radius 3 is 2.59 bits per heavy atom. The van der Waals surface area contributed by atoms with Crippen molar-refractivity contribution in [1.29, 1.82) is 0 Å². The van der Waals surface area contributed by atoms with Gasteiger partial charge in [0.25, 0.3) is 0 Å². The van der Waals surface area contributed by atoms with E-state index in [9.17, 15) is 4.79 Å². The zero-order valence-electron chi connectivity index (χ0n) is 15.3. The lowest BCUT2D eigenvalue weighted by molar-refractivity contribution is 0.0446. The van der Waals surface area contributed by atoms with E-state index >= 15 is 0 Å². The summed E-state index contributed by atoms with van der Waals surface area (Å²) in [6.07, 6.45) is 0. The van der Waals surface area contributed by atoms with E-state index in [-0.39, 0.29) is 12.6 Å². The van der Waals surface area contributed by atoms with Gasteiger partial charge in [0.2, 0.25) is 0 Å². The van der Waals surface area contributed by atoms with Gasteiger partial charge < -0.3 is 14.0 Å². The number of carbonyl (C=O) groups is 1. The maximum Gasteiger partial charge on any atom is 0.339 e. The number of rotatable bonds is 8. The lowest BCUT2D eigenvalue weighted by Crippen LogP contribution is -2.13. The monoisotopic (exact) mass is 383 g/mol. The van der Waals surface area contributed by atoms with Crippen molar-refractivity contribution in [3.05, 3.63) is 77.2 Å². The van der Waals surface area contributed by atoms with Crippen LogP contribution in [0.2, 0.25) is 0 Å². The van der Waals surface area contributed by atoms with E-state index < -0.39 is 0 Å². The van der Waals surface area contributed by atoms with Crippen molar-refractivity contribution in [2.45, 2.75) is 24.5 Å². The molecule has 1 heterocycles. The lowest BCUT2D eigenvalue weighted by atomic mass is 10.2. The number of hydrogen-bond acceptors (Lipinski definition) is 6. The van der Waals surface area contributed by atoms with Gasteiger partial charge in [0.05, 0.1) is 11.3 Å². The summed E-state index contributed by atoms with van der Waals surface area (Å²) in [5.41, 5.74) is 2.55. The molecule has 0 saturated heterocycles. The first-order chi connectivity index (χ1) is 13.1. The number of aryl methyl sites for hydroxylation is 2. The van der Waals surface area contributed by atoms with Crippen LogP contribution in [0.4, 0.5) is 0 Å². The molecule has 0 aliphatic rings. The van der Waals surface area contributed by atoms with Crippen molar-refractivity contribution >= 4 is 17.7 Å². The highest BCUT2D eigenvalue weighted by Crippen LogP contribution is 2.26. The molecule has 0 amide bonds. The summed E-state index contributed by atoms with van der Waals surface area (Å²) in [4.78, 5) is 13.3. The normalized spacial score (nSPS) is 10.6. The van der Waals surface area contributed by atoms with Gasteiger partial charge >= 0.3 is 5.97 Å². The highest BCUT2D eigenvalue weighted by molar-refractivity contribution is 7.98. The van der Waals surface area contributed by atoms with E-state index in [2.05, 4.69) is 5.16 Å². The SMILES string of the molecule is Cc1ccc(OCCOC(=O)c2ccccc2SCc2cc(C)on2)cc1. The first kappa shape index (κ1) is 19.0. The molecule has 0 fully saturated rings. The highest BCUT2D eigenvalue weighted by atomic mass is 32.2. The summed E-state index contributed by atoms with van der Waals surface area (Å²) in [5.74, 6) is 1.79. The first-order valence-electron chi connectivity index (χ1n) is 8.62. The second kappa shape index (κ2) is 9.28. The summed E-state index contributed by atoms with van der Waals surface area (Å²) in [5, 5.41) is 3.97. The molecule has 0 saturated carbocycles. The minimum Gasteiger partial charge on any atom is -0.490 e. The molecule has 6 heteroatoms. The Balaban J connectivity index is 1.51. The maximum absolute atomic E-state index is 12.4. The van der Waals surface area contributed by atoms with Gasteiger partial charge in [-0.2, -0.15) is 0 Å². The van der Waals surface area contributed by atoms with Crippen LogP contribution in [0.3, 0.4) is 0 Å². The molecule has 27 heavy (non-hydrogen) atoms. The van der Waals surface area contributed by atoms with Gasteiger partial charge in [0.15, 0.2) is 0 Å². The molecule has 0 bridgehead atoms. The number of thioether (sulfide) groups is 1. The minimum atomic E-state index is -0.359. The fraction of sp³-hybridized carbons (Fsp3) is 0.238. The van der Waals surface area contributed by atoms with E-state index in [4.69, 9.17) is 14.0 Å². The van der Waals surface area contributed by atoms with Crippen molar-refractivity contribution in [3.8, 4) is 5.75 Å². The van der Waals surface area contributed by atoms with E-state index in [1.54, 1.807) is 6.07 Å². The maximum atomic E-state index is 12.4. The van der Waals surface area contributed by atoms with Crippen molar-refractivity contribution in [1.82, 2.24) is 5.16 Å². The average Bonchev–Trinajstić information content (AvgIpc) is 3.10. The minimum absolute atomic E-state index is 0.189. The largest absolute Gasteiger partial charge is 0.490 e. The molecule has 0 aliphatic heterocycles. The molecular formula is C21H21NO4S. The van der Waals surface area contributed by atoms with Crippen LogP contribution < -0.4 is 4.74 Å². The van der Waals surface area contributed by atoms with Crippen LogP contribution in [0.5, 0.6) is 5.75 Å². The molecule has 3 rings (SSSR count). The van der Waals surface area contributed by atoms with Gasteiger partial charge in [-0.3, -0.25) is 0 Å². The van der Waals surface area contributed by atoms with Crippen LogP contribution in [0.1, 0.15) is 27.4 Å². The third kappa shape index (κ3) is 5.62. The number of esters is 1. The summed E-state index contributed by atoms with van der Waals surface area (Å²) in [7, 11) is 0. The Kier molecular flexibility index (Phi) is 6.54. The Morgan fingerprint density at radius 2 is 1.85 bits per heavy atom. The predicted octanol–water partition coefficient (Wildman–Crippen LogP) is 4.82. The topological polar surface area (TPSA) is 61.6 Å². The third-order valence-corrected chi connectivity index (χ3v) is 4.87. The molecule has 0 radical (unpaired) electrons. The number of carbonyl (C=O) groups excluding carboxylic acids is 1. The first-order valence-corrected chi connectivity index (χ1v) is 9.61. The Labute approximate surface area is 162 Å². The standard InChI is InChI=1S/C21H21NO4S/c1-15-7-9-18(10-8-15)24-11-12-25-21(23)19-5-3-4-6-20(19)27-14-17-13-16(2)26-22-17/h3-10,13H,11-12,14H2,1-2H3. The number of ether oxygens (including phenoxy) is 2. The van der Waals surface area contributed by atoms with Gasteiger partial charge in [-0.1, -0.05) is 35.0 Å². The third-order valence-electron chi connectivity index (χ3n) is 3.77. The van der Waals surface area contributed by atoms with Crippen LogP contribution in [0.15, 0.2) is 64.0 Å². The molecule has 3 aromatic rings. The van der Waals surface area contributed by atoms with Gasteiger partial charge in [-0.05, 0) is 38.1 Å². The highest BCUT2D eigenvalue weighted by Gasteiger charge is 2.13. The van der Waals surface area contributed by atoms with Crippen LogP contribution in [-0.4, -0.2) is 24.3 Å². The van der Waals surface area contributed by atoms with Crippen LogP contribution in [-0.2, 0) is 10.5 Å². The van der Waals surface area contributed by atoms with Crippen LogP contribution >= 0.6 is 11.8 Å². The second-order valence-electron chi connectivity index (χ2n) is 6.01. The fourth-order valence-corrected chi connectivity index (χ4v) is 3.33. The predicted molar refractivity (Wildman–Crippen MR) is 104 cm³/mol. The van der Waals surface area contributed by atoms with Gasteiger partial charge in [0.1, 0.15) is 24.7 Å². The van der Waals surface area contributed by atoms with Crippen molar-refractivity contribution in [2.24, 2.45) is 0 Å². The molecule has 2 aromatic carbocycles. The summed E-state index contributed by atoms with van der Waals surface area (Å²) < 4.78 is 16.0. The molecule has 0 unspecified atom stereocenters. The van der Waals surface area contributed by atoms with E-state index in [0.717, 1.165) is 22.1 Å². The molecule has 1 aromatic heterocycles. The Bertz CT molecular complexity index is 889. The molecule has 140 valence electrons. The fourth-order valence-electron chi connectivity index (χ4n) is 2.40. The molecular weight excluding hydrogens is 362 g/mol. The van der Waals surface area contributed by atoms with Gasteiger partial charge in [-0.15, -0.1) is 11.8 Å². The number of nitrogens with zero attached hydrogens (tertiary/aromatic N) is 1. The van der Waals surface area contributed by atoms with E-state index in [0.29, 0.717) is 17.9 Å². The molecule has 0 spiro atoms. The number of hydrogen-bond donors (Lipinski definition) is 0. The van der Waals surface area contributed by atoms with Crippen molar-refractivity contribution in [2.75, 3.05) is 13.2 Å². The van der Waals surface area contributed by atoms with Gasteiger partial charge in [-0.25, -0.2) is 4.79 Å². The van der Waals surface area contributed by atoms with Crippen molar-refractivity contribution < 1.29 is 18.8 Å². The summed E-state index contributed by atoms with van der Waals surface area (Å²) >= 11 is 1.52. The smallest absolute Gasteiger partial charge is 0.339 e. The summed E-state index contributed by atoms with van der Waals surface area (Å²) in [6.45, 7) is 4.37. The van der Waals surface area contributed by atoms with Crippen molar-refractivity contribution in [3.63, 3.8) is 0 Å². The molecule has 0 aliphatic carbocycles. The second-order valence-corrected chi connectivity index (χ2v) is 7.03. The average molecular weight is 383 g/mol. The Hall–Kier alpha value is -2.73. The molecule has 0 atom stereocenters. The zero-order chi connectivity index (χ0) is 19.1. The lowest BCUT2D eigenvalue weighted by Gasteiger charge is -2.10. The van der Waals surface area contributed by atoms with Gasteiger partial charge in [0, 0.05) is 16.7 Å². The number of benzene rings is 2.